The first-order chi connectivity index (χ1) is 18.7. The number of carbonyl (C=O) groups excluding carboxylic acids is 1. The van der Waals surface area contributed by atoms with Crippen molar-refractivity contribution in [2.24, 2.45) is 7.05 Å². The van der Waals surface area contributed by atoms with Crippen LogP contribution in [0.15, 0.2) is 55.6 Å². The standard InChI is InChI=1S/C26H29F2N9O2/c1-6-22(38)32-18-12-19(21(39-25(27)28)13-20(18)36(4)11-10-35(2)3)33-26-31-15-30-23(34-26)17-14-37(5)24-16(17)8-7-9-29-24/h6-9,12-15,25H,1,10-11H2,2-5H3,(H,32,38)(H,30,31,33,34). The molecule has 4 rings (SSSR count). The van der Waals surface area contributed by atoms with Gasteiger partial charge >= 0.3 is 6.61 Å². The molecule has 0 bridgehead atoms. The molecule has 39 heavy (non-hydrogen) atoms. The third-order valence-electron chi connectivity index (χ3n) is 5.84. The van der Waals surface area contributed by atoms with Crippen molar-refractivity contribution in [1.29, 1.82) is 0 Å². The van der Waals surface area contributed by atoms with Gasteiger partial charge in [0.15, 0.2) is 11.6 Å². The van der Waals surface area contributed by atoms with Crippen molar-refractivity contribution in [3.05, 3.63) is 55.6 Å². The lowest BCUT2D eigenvalue weighted by atomic mass is 10.2. The number of nitrogens with one attached hydrogen (secondary N) is 2. The number of aromatic nitrogens is 5. The molecule has 11 nitrogen and oxygen atoms in total. The van der Waals surface area contributed by atoms with Gasteiger partial charge < -0.3 is 29.7 Å². The van der Waals surface area contributed by atoms with Gasteiger partial charge in [0.1, 0.15) is 12.0 Å². The maximum atomic E-state index is 13.4. The average molecular weight is 538 g/mol. The topological polar surface area (TPSA) is 113 Å². The molecule has 0 aliphatic heterocycles. The second-order valence-corrected chi connectivity index (χ2v) is 8.95. The molecule has 1 aromatic carbocycles. The van der Waals surface area contributed by atoms with Crippen molar-refractivity contribution in [3.8, 4) is 17.1 Å². The van der Waals surface area contributed by atoms with Crippen molar-refractivity contribution < 1.29 is 18.3 Å². The second kappa shape index (κ2) is 11.8. The number of nitrogens with zero attached hydrogens (tertiary/aromatic N) is 7. The second-order valence-electron chi connectivity index (χ2n) is 8.95. The van der Waals surface area contributed by atoms with Crippen LogP contribution >= 0.6 is 0 Å². The number of anilines is 4. The minimum atomic E-state index is -3.09. The summed E-state index contributed by atoms with van der Waals surface area (Å²) in [7, 11) is 7.50. The Morgan fingerprint density at radius 2 is 1.97 bits per heavy atom. The highest BCUT2D eigenvalue weighted by Gasteiger charge is 2.20. The molecule has 13 heteroatoms. The number of alkyl halides is 2. The molecule has 0 saturated carbocycles. The first kappa shape index (κ1) is 27.4. The van der Waals surface area contributed by atoms with Crippen LogP contribution in [-0.4, -0.2) is 76.2 Å². The van der Waals surface area contributed by atoms with Crippen LogP contribution in [0.3, 0.4) is 0 Å². The molecule has 0 atom stereocenters. The Hall–Kier alpha value is -4.65. The normalized spacial score (nSPS) is 11.2. The number of fused-ring (bicyclic) bond motifs is 1. The van der Waals surface area contributed by atoms with Gasteiger partial charge in [0.05, 0.1) is 17.1 Å². The van der Waals surface area contributed by atoms with Crippen LogP contribution in [0.4, 0.5) is 31.8 Å². The van der Waals surface area contributed by atoms with E-state index in [9.17, 15) is 13.6 Å². The van der Waals surface area contributed by atoms with Gasteiger partial charge in [-0.3, -0.25) is 4.79 Å². The first-order valence-electron chi connectivity index (χ1n) is 11.9. The van der Waals surface area contributed by atoms with E-state index < -0.39 is 12.5 Å². The summed E-state index contributed by atoms with van der Waals surface area (Å²) in [6, 6.07) is 6.65. The Kier molecular flexibility index (Phi) is 8.30. The van der Waals surface area contributed by atoms with E-state index in [1.165, 1.54) is 18.5 Å². The van der Waals surface area contributed by atoms with E-state index in [4.69, 9.17) is 4.74 Å². The largest absolute Gasteiger partial charge is 0.433 e. The molecule has 0 aliphatic carbocycles. The lowest BCUT2D eigenvalue weighted by Gasteiger charge is -2.26. The smallest absolute Gasteiger partial charge is 0.387 e. The number of halogens is 2. The summed E-state index contributed by atoms with van der Waals surface area (Å²) < 4.78 is 33.6. The molecule has 0 spiro atoms. The maximum absolute atomic E-state index is 13.4. The molecular formula is C26H29F2N9O2. The van der Waals surface area contributed by atoms with Gasteiger partial charge in [-0.1, -0.05) is 6.58 Å². The van der Waals surface area contributed by atoms with Gasteiger partial charge in [-0.15, -0.1) is 0 Å². The highest BCUT2D eigenvalue weighted by molar-refractivity contribution is 6.02. The number of aryl methyl sites for hydroxylation is 1. The van der Waals surface area contributed by atoms with Crippen LogP contribution in [0.25, 0.3) is 22.4 Å². The number of benzene rings is 1. The SMILES string of the molecule is C=CC(=O)Nc1cc(Nc2ncnc(-c3cn(C)c4ncccc34)n2)c(OC(F)F)cc1N(C)CCN(C)C. The van der Waals surface area contributed by atoms with E-state index in [2.05, 4.69) is 37.1 Å². The van der Waals surface area contributed by atoms with Crippen LogP contribution in [0, 0.1) is 0 Å². The Morgan fingerprint density at radius 3 is 2.69 bits per heavy atom. The van der Waals surface area contributed by atoms with Gasteiger partial charge in [-0.2, -0.15) is 13.8 Å². The minimum Gasteiger partial charge on any atom is -0.433 e. The number of hydrogen-bond acceptors (Lipinski definition) is 9. The molecular weight excluding hydrogens is 508 g/mol. The van der Waals surface area contributed by atoms with E-state index in [0.29, 0.717) is 30.3 Å². The number of amides is 1. The Bertz CT molecular complexity index is 1490. The molecule has 4 aromatic rings. The Labute approximate surface area is 224 Å². The fourth-order valence-electron chi connectivity index (χ4n) is 3.93. The van der Waals surface area contributed by atoms with Crippen molar-refractivity contribution in [2.45, 2.75) is 6.61 Å². The number of ether oxygens (including phenoxy) is 1. The molecule has 0 unspecified atom stereocenters. The minimum absolute atomic E-state index is 0.0923. The number of hydrogen-bond donors (Lipinski definition) is 2. The maximum Gasteiger partial charge on any atom is 0.387 e. The van der Waals surface area contributed by atoms with Gasteiger partial charge in [-0.25, -0.2) is 15.0 Å². The molecule has 0 fully saturated rings. The van der Waals surface area contributed by atoms with Crippen molar-refractivity contribution in [2.75, 3.05) is 49.8 Å². The molecule has 0 saturated heterocycles. The highest BCUT2D eigenvalue weighted by atomic mass is 19.3. The lowest BCUT2D eigenvalue weighted by Crippen LogP contribution is -2.29. The molecule has 1 amide bonds. The molecule has 3 heterocycles. The van der Waals surface area contributed by atoms with E-state index >= 15 is 0 Å². The van der Waals surface area contributed by atoms with Gasteiger partial charge in [0.2, 0.25) is 11.9 Å². The van der Waals surface area contributed by atoms with Crippen LogP contribution in [-0.2, 0) is 11.8 Å². The number of carbonyl (C=O) groups is 1. The summed E-state index contributed by atoms with van der Waals surface area (Å²) in [4.78, 5) is 33.3. The van der Waals surface area contributed by atoms with Crippen molar-refractivity contribution in [1.82, 2.24) is 29.4 Å². The fraction of sp³-hybridized carbons (Fsp3) is 0.269. The average Bonchev–Trinajstić information content (AvgIpc) is 3.25. The van der Waals surface area contributed by atoms with E-state index in [0.717, 1.165) is 22.7 Å². The van der Waals surface area contributed by atoms with E-state index in [1.807, 2.05) is 53.8 Å². The molecule has 0 aliphatic rings. The Balaban J connectivity index is 1.75. The lowest BCUT2D eigenvalue weighted by molar-refractivity contribution is -0.111. The zero-order valence-electron chi connectivity index (χ0n) is 22.0. The quantitative estimate of drug-likeness (QED) is 0.275. The molecule has 0 radical (unpaired) electrons. The van der Waals surface area contributed by atoms with Crippen LogP contribution in [0.2, 0.25) is 0 Å². The van der Waals surface area contributed by atoms with Gasteiger partial charge in [0.25, 0.3) is 0 Å². The summed E-state index contributed by atoms with van der Waals surface area (Å²) in [5, 5.41) is 6.53. The van der Waals surface area contributed by atoms with Gasteiger partial charge in [-0.05, 0) is 38.4 Å². The van der Waals surface area contributed by atoms with E-state index in [-0.39, 0.29) is 17.4 Å². The predicted molar refractivity (Wildman–Crippen MR) is 147 cm³/mol. The number of pyridine rings is 1. The van der Waals surface area contributed by atoms with Crippen LogP contribution in [0.5, 0.6) is 5.75 Å². The highest BCUT2D eigenvalue weighted by Crippen LogP contribution is 2.39. The molecule has 3 aromatic heterocycles. The first-order valence-corrected chi connectivity index (χ1v) is 11.9. The van der Waals surface area contributed by atoms with Crippen molar-refractivity contribution >= 4 is 40.0 Å². The van der Waals surface area contributed by atoms with Crippen molar-refractivity contribution in [3.63, 3.8) is 0 Å². The summed E-state index contributed by atoms with van der Waals surface area (Å²) in [6.07, 6.45) is 5.99. The third kappa shape index (κ3) is 6.44. The zero-order chi connectivity index (χ0) is 28.1. The summed E-state index contributed by atoms with van der Waals surface area (Å²) in [5.74, 6) is -0.153. The summed E-state index contributed by atoms with van der Waals surface area (Å²) >= 11 is 0. The Morgan fingerprint density at radius 1 is 1.18 bits per heavy atom. The molecule has 2 N–H and O–H groups in total. The summed E-state index contributed by atoms with van der Waals surface area (Å²) in [5.41, 5.74) is 2.45. The fourth-order valence-corrected chi connectivity index (χ4v) is 3.93. The third-order valence-corrected chi connectivity index (χ3v) is 5.84. The van der Waals surface area contributed by atoms with Crippen LogP contribution in [0.1, 0.15) is 0 Å². The number of likely N-dealkylation sites (N-methyl/N-ethyl adjacent to an activating group) is 2. The predicted octanol–water partition coefficient (Wildman–Crippen LogP) is 3.89. The summed E-state index contributed by atoms with van der Waals surface area (Å²) in [6.45, 7) is 1.65. The van der Waals surface area contributed by atoms with Gasteiger partial charge in [0, 0.05) is 56.6 Å². The zero-order valence-corrected chi connectivity index (χ0v) is 22.0. The number of rotatable bonds is 11. The molecule has 204 valence electrons. The van der Waals surface area contributed by atoms with Crippen LogP contribution < -0.4 is 20.3 Å². The monoisotopic (exact) mass is 537 g/mol. The van der Waals surface area contributed by atoms with E-state index in [1.54, 1.807) is 13.2 Å².